The number of nitrogen functional groups attached to an aromatic ring is 1. The van der Waals surface area contributed by atoms with Gasteiger partial charge in [0.1, 0.15) is 11.1 Å². The van der Waals surface area contributed by atoms with Crippen LogP contribution in [0.1, 0.15) is 16.0 Å². The standard InChI is InChI=1S/C9H9N3S2/c10-1-5-7-6(14-8(5)11)2-13-9(7)3-12-4-9/h12H,2-4,11H2. The second-order valence-electron chi connectivity index (χ2n) is 3.64. The zero-order valence-electron chi connectivity index (χ0n) is 7.46. The summed E-state index contributed by atoms with van der Waals surface area (Å²) in [5.74, 6) is 1.02. The molecule has 0 amide bonds. The molecule has 1 spiro atoms. The summed E-state index contributed by atoms with van der Waals surface area (Å²) < 4.78 is 0.175. The Balaban J connectivity index is 2.22. The van der Waals surface area contributed by atoms with E-state index in [4.69, 9.17) is 11.0 Å². The first-order chi connectivity index (χ1) is 6.77. The van der Waals surface area contributed by atoms with E-state index in [1.807, 2.05) is 11.8 Å². The first kappa shape index (κ1) is 8.60. The van der Waals surface area contributed by atoms with Crippen molar-refractivity contribution in [2.75, 3.05) is 18.8 Å². The van der Waals surface area contributed by atoms with Gasteiger partial charge in [0, 0.05) is 29.3 Å². The van der Waals surface area contributed by atoms with E-state index >= 15 is 0 Å². The van der Waals surface area contributed by atoms with E-state index in [0.717, 1.165) is 24.4 Å². The minimum absolute atomic E-state index is 0.175. The molecule has 0 aromatic carbocycles. The van der Waals surface area contributed by atoms with Gasteiger partial charge in [0.2, 0.25) is 0 Å². The number of thioether (sulfide) groups is 1. The highest BCUT2D eigenvalue weighted by atomic mass is 32.2. The Bertz CT molecular complexity index is 440. The Morgan fingerprint density at radius 2 is 2.29 bits per heavy atom. The van der Waals surface area contributed by atoms with Crippen molar-refractivity contribution in [1.82, 2.24) is 5.32 Å². The second kappa shape index (κ2) is 2.66. The van der Waals surface area contributed by atoms with Crippen LogP contribution in [-0.4, -0.2) is 13.1 Å². The number of hydrogen-bond acceptors (Lipinski definition) is 5. The van der Waals surface area contributed by atoms with Gasteiger partial charge < -0.3 is 11.1 Å². The number of nitriles is 1. The molecule has 2 aliphatic heterocycles. The van der Waals surface area contributed by atoms with Gasteiger partial charge >= 0.3 is 0 Å². The van der Waals surface area contributed by atoms with E-state index in [9.17, 15) is 0 Å². The van der Waals surface area contributed by atoms with Crippen LogP contribution in [-0.2, 0) is 10.5 Å². The molecule has 3 nitrogen and oxygen atoms in total. The molecule has 0 aliphatic carbocycles. The van der Waals surface area contributed by atoms with Gasteiger partial charge in [0.05, 0.1) is 10.3 Å². The van der Waals surface area contributed by atoms with Crippen LogP contribution in [0.15, 0.2) is 0 Å². The molecule has 14 heavy (non-hydrogen) atoms. The van der Waals surface area contributed by atoms with Crippen LogP contribution in [0.3, 0.4) is 0 Å². The van der Waals surface area contributed by atoms with E-state index in [2.05, 4.69) is 11.4 Å². The molecule has 3 heterocycles. The van der Waals surface area contributed by atoms with Gasteiger partial charge in [0.15, 0.2) is 0 Å². The lowest BCUT2D eigenvalue weighted by Crippen LogP contribution is -2.53. The van der Waals surface area contributed by atoms with Crippen molar-refractivity contribution in [2.24, 2.45) is 0 Å². The van der Waals surface area contributed by atoms with Crippen molar-refractivity contribution in [3.63, 3.8) is 0 Å². The highest BCUT2D eigenvalue weighted by Crippen LogP contribution is 2.54. The van der Waals surface area contributed by atoms with Crippen LogP contribution >= 0.6 is 23.1 Å². The number of nitrogens with zero attached hydrogens (tertiary/aromatic N) is 1. The fraction of sp³-hybridized carbons (Fsp3) is 0.444. The van der Waals surface area contributed by atoms with Crippen LogP contribution < -0.4 is 11.1 Å². The third-order valence-electron chi connectivity index (χ3n) is 2.88. The number of fused-ring (bicyclic) bond motifs is 2. The maximum absolute atomic E-state index is 9.07. The smallest absolute Gasteiger partial charge is 0.104 e. The number of thiophene rings is 1. The molecule has 0 radical (unpaired) electrons. The van der Waals surface area contributed by atoms with E-state index in [1.165, 1.54) is 10.4 Å². The van der Waals surface area contributed by atoms with E-state index in [-0.39, 0.29) is 4.75 Å². The predicted octanol–water partition coefficient (Wildman–Crippen LogP) is 1.25. The maximum Gasteiger partial charge on any atom is 0.104 e. The summed E-state index contributed by atoms with van der Waals surface area (Å²) in [5, 5.41) is 13.0. The molecule has 3 rings (SSSR count). The second-order valence-corrected chi connectivity index (χ2v) is 6.13. The van der Waals surface area contributed by atoms with Crippen LogP contribution in [0.2, 0.25) is 0 Å². The zero-order valence-corrected chi connectivity index (χ0v) is 9.10. The predicted molar refractivity (Wildman–Crippen MR) is 59.3 cm³/mol. The van der Waals surface area contributed by atoms with E-state index in [0.29, 0.717) is 5.00 Å². The zero-order chi connectivity index (χ0) is 9.76. The molecule has 1 fully saturated rings. The summed E-state index contributed by atoms with van der Waals surface area (Å²) in [7, 11) is 0. The maximum atomic E-state index is 9.07. The van der Waals surface area contributed by atoms with E-state index < -0.39 is 0 Å². The topological polar surface area (TPSA) is 61.8 Å². The number of nitrogens with two attached hydrogens (primary N) is 1. The molecule has 5 heteroatoms. The third kappa shape index (κ3) is 0.862. The van der Waals surface area contributed by atoms with Crippen molar-refractivity contribution in [3.05, 3.63) is 16.0 Å². The van der Waals surface area contributed by atoms with Crippen LogP contribution in [0.5, 0.6) is 0 Å². The highest BCUT2D eigenvalue weighted by molar-refractivity contribution is 8.00. The SMILES string of the molecule is N#Cc1c(N)sc2c1C1(CNC1)SC2. The molecule has 0 unspecified atom stereocenters. The van der Waals surface area contributed by atoms with Gasteiger partial charge in [-0.1, -0.05) is 0 Å². The van der Waals surface area contributed by atoms with Crippen LogP contribution in [0, 0.1) is 11.3 Å². The van der Waals surface area contributed by atoms with Gasteiger partial charge in [-0.3, -0.25) is 0 Å². The summed E-state index contributed by atoms with van der Waals surface area (Å²) in [6, 6.07) is 2.24. The lowest BCUT2D eigenvalue weighted by atomic mass is 9.90. The molecule has 1 aromatic heterocycles. The van der Waals surface area contributed by atoms with Crippen molar-refractivity contribution in [2.45, 2.75) is 10.5 Å². The molecular formula is C9H9N3S2. The molecule has 0 atom stereocenters. The largest absolute Gasteiger partial charge is 0.389 e. The average Bonchev–Trinajstić information content (AvgIpc) is 2.58. The Hall–Kier alpha value is -0.700. The molecule has 3 N–H and O–H groups in total. The number of anilines is 1. The first-order valence-corrected chi connectivity index (χ1v) is 6.23. The van der Waals surface area contributed by atoms with Crippen molar-refractivity contribution in [1.29, 1.82) is 5.26 Å². The molecular weight excluding hydrogens is 214 g/mol. The Kier molecular flexibility index (Phi) is 1.63. The quantitative estimate of drug-likeness (QED) is 0.695. The van der Waals surface area contributed by atoms with Crippen molar-refractivity contribution in [3.8, 4) is 6.07 Å². The lowest BCUT2D eigenvalue weighted by Gasteiger charge is -2.39. The minimum Gasteiger partial charge on any atom is -0.389 e. The summed E-state index contributed by atoms with van der Waals surface area (Å²) in [6.45, 7) is 1.96. The van der Waals surface area contributed by atoms with Gasteiger partial charge in [-0.05, 0) is 0 Å². The van der Waals surface area contributed by atoms with Gasteiger partial charge in [-0.15, -0.1) is 23.1 Å². The highest BCUT2D eigenvalue weighted by Gasteiger charge is 2.48. The van der Waals surface area contributed by atoms with Gasteiger partial charge in [-0.25, -0.2) is 0 Å². The molecule has 1 aromatic rings. The number of rotatable bonds is 0. The molecule has 1 saturated heterocycles. The van der Waals surface area contributed by atoms with Crippen LogP contribution in [0.4, 0.5) is 5.00 Å². The van der Waals surface area contributed by atoms with Crippen molar-refractivity contribution >= 4 is 28.1 Å². The number of hydrogen-bond donors (Lipinski definition) is 2. The van der Waals surface area contributed by atoms with Crippen molar-refractivity contribution < 1.29 is 0 Å². The van der Waals surface area contributed by atoms with E-state index in [1.54, 1.807) is 11.3 Å². The lowest BCUT2D eigenvalue weighted by molar-refractivity contribution is 0.408. The fourth-order valence-electron chi connectivity index (χ4n) is 2.10. The average molecular weight is 223 g/mol. The first-order valence-electron chi connectivity index (χ1n) is 4.43. The molecule has 72 valence electrons. The van der Waals surface area contributed by atoms with Crippen LogP contribution in [0.25, 0.3) is 0 Å². The minimum atomic E-state index is 0.175. The Morgan fingerprint density at radius 3 is 2.86 bits per heavy atom. The number of nitrogens with one attached hydrogen (secondary N) is 1. The van der Waals surface area contributed by atoms with Gasteiger partial charge in [0.25, 0.3) is 0 Å². The Labute approximate surface area is 90.3 Å². The summed E-state index contributed by atoms with van der Waals surface area (Å²) >= 11 is 3.53. The summed E-state index contributed by atoms with van der Waals surface area (Å²) in [4.78, 5) is 1.31. The normalized spacial score (nSPS) is 21.6. The fourth-order valence-corrected chi connectivity index (χ4v) is 4.82. The summed E-state index contributed by atoms with van der Waals surface area (Å²) in [5.41, 5.74) is 7.79. The molecule has 0 saturated carbocycles. The monoisotopic (exact) mass is 223 g/mol. The molecule has 2 aliphatic rings. The third-order valence-corrected chi connectivity index (χ3v) is 5.56. The van der Waals surface area contributed by atoms with Gasteiger partial charge in [-0.2, -0.15) is 5.26 Å². The summed E-state index contributed by atoms with van der Waals surface area (Å²) in [6.07, 6.45) is 0. The molecule has 0 bridgehead atoms. The Morgan fingerprint density at radius 1 is 1.50 bits per heavy atom.